The van der Waals surface area contributed by atoms with Crippen LogP contribution in [0.1, 0.15) is 5.56 Å². The average Bonchev–Trinajstić information content (AvgIpc) is 3.55. The Balaban J connectivity index is 1.13. The summed E-state index contributed by atoms with van der Waals surface area (Å²) in [7, 11) is 0. The lowest BCUT2D eigenvalue weighted by molar-refractivity contribution is 1.16. The van der Waals surface area contributed by atoms with E-state index in [9.17, 15) is 0 Å². The van der Waals surface area contributed by atoms with E-state index in [-0.39, 0.29) is 0 Å². The number of para-hydroxylation sites is 1. The molecule has 6 aromatic carbocycles. The summed E-state index contributed by atoms with van der Waals surface area (Å²) in [5.41, 5.74) is 11.8. The number of rotatable bonds is 4. The highest BCUT2D eigenvalue weighted by Gasteiger charge is 2.24. The molecule has 0 N–H and O–H groups in total. The fourth-order valence-corrected chi connectivity index (χ4v) is 8.04. The number of anilines is 2. The van der Waals surface area contributed by atoms with Crippen molar-refractivity contribution >= 4 is 72.0 Å². The second kappa shape index (κ2) is 11.2. The van der Waals surface area contributed by atoms with E-state index in [1.54, 1.807) is 0 Å². The van der Waals surface area contributed by atoms with E-state index in [0.717, 1.165) is 72.4 Å². The van der Waals surface area contributed by atoms with Gasteiger partial charge in [-0.1, -0.05) is 109 Å². The molecule has 11 rings (SSSR count). The second-order valence-corrected chi connectivity index (χ2v) is 13.3. The van der Waals surface area contributed by atoms with Crippen LogP contribution in [-0.2, 0) is 0 Å². The van der Waals surface area contributed by atoms with Gasteiger partial charge in [0.2, 0.25) is 0 Å². The van der Waals surface area contributed by atoms with Gasteiger partial charge in [0.1, 0.15) is 5.82 Å². The summed E-state index contributed by atoms with van der Waals surface area (Å²) in [6, 6.07) is 53.6. The molecule has 4 aromatic heterocycles. The predicted molar refractivity (Wildman–Crippen MR) is 215 cm³/mol. The summed E-state index contributed by atoms with van der Waals surface area (Å²) in [6.07, 6.45) is 8.28. The molecule has 10 aromatic rings. The van der Waals surface area contributed by atoms with Crippen LogP contribution < -0.4 is 4.90 Å². The van der Waals surface area contributed by atoms with Crippen LogP contribution in [0.25, 0.3) is 88.5 Å². The van der Waals surface area contributed by atoms with Crippen LogP contribution in [0.3, 0.4) is 0 Å². The highest BCUT2D eigenvalue weighted by Crippen LogP contribution is 2.46. The zero-order chi connectivity index (χ0) is 34.2. The largest absolute Gasteiger partial charge is 0.308 e. The van der Waals surface area contributed by atoms with Gasteiger partial charge in [-0.15, -0.1) is 0 Å². The van der Waals surface area contributed by atoms with E-state index < -0.39 is 0 Å². The van der Waals surface area contributed by atoms with Crippen LogP contribution in [0.5, 0.6) is 0 Å². The summed E-state index contributed by atoms with van der Waals surface area (Å²) in [6.45, 7) is 0. The first-order chi connectivity index (χ1) is 25.8. The molecule has 0 fully saturated rings. The van der Waals surface area contributed by atoms with Crippen molar-refractivity contribution in [3.63, 3.8) is 0 Å². The molecule has 1 aliphatic rings. The van der Waals surface area contributed by atoms with Crippen LogP contribution in [0.15, 0.2) is 170 Å². The third kappa shape index (κ3) is 4.33. The van der Waals surface area contributed by atoms with Crippen LogP contribution in [0, 0.1) is 0 Å². The fourth-order valence-electron chi connectivity index (χ4n) is 8.04. The van der Waals surface area contributed by atoms with Crippen molar-refractivity contribution < 1.29 is 0 Å². The molecule has 5 heterocycles. The van der Waals surface area contributed by atoms with Crippen molar-refractivity contribution in [3.8, 4) is 28.1 Å². The SMILES string of the molecule is C1=CN(c2cc(-c3ccccc3)cc(-c3ccccc3)n2)c2cccc3cc4c(c1c23)c1ccccc1n4-c1cnc2c(ccc3cccnc32)c1. The Morgan fingerprint density at radius 2 is 1.27 bits per heavy atom. The van der Waals surface area contributed by atoms with E-state index in [0.29, 0.717) is 0 Å². The predicted octanol–water partition coefficient (Wildman–Crippen LogP) is 11.9. The summed E-state index contributed by atoms with van der Waals surface area (Å²) in [5.74, 6) is 0.876. The molecule has 5 heteroatoms. The number of fused-ring (bicyclic) bond motifs is 7. The van der Waals surface area contributed by atoms with Gasteiger partial charge in [0.15, 0.2) is 0 Å². The lowest BCUT2D eigenvalue weighted by Gasteiger charge is -2.27. The Hall–Kier alpha value is -7.11. The molecular formula is C47H29N5. The average molecular weight is 664 g/mol. The lowest BCUT2D eigenvalue weighted by atomic mass is 9.94. The molecule has 0 aliphatic carbocycles. The van der Waals surface area contributed by atoms with E-state index in [1.165, 1.54) is 27.1 Å². The molecule has 0 spiro atoms. The molecule has 0 saturated heterocycles. The molecule has 52 heavy (non-hydrogen) atoms. The molecule has 0 bridgehead atoms. The summed E-state index contributed by atoms with van der Waals surface area (Å²) < 4.78 is 2.36. The minimum Gasteiger partial charge on any atom is -0.308 e. The number of hydrogen-bond acceptors (Lipinski definition) is 4. The van der Waals surface area contributed by atoms with Gasteiger partial charge in [0.05, 0.1) is 45.3 Å². The molecule has 0 saturated carbocycles. The second-order valence-electron chi connectivity index (χ2n) is 13.3. The maximum absolute atomic E-state index is 5.27. The number of hydrogen-bond donors (Lipinski definition) is 0. The van der Waals surface area contributed by atoms with Crippen LogP contribution >= 0.6 is 0 Å². The zero-order valence-corrected chi connectivity index (χ0v) is 28.0. The Morgan fingerprint density at radius 1 is 0.500 bits per heavy atom. The van der Waals surface area contributed by atoms with Crippen molar-refractivity contribution in [3.05, 3.63) is 176 Å². The molecule has 1 aliphatic heterocycles. The van der Waals surface area contributed by atoms with E-state index in [1.807, 2.05) is 24.5 Å². The van der Waals surface area contributed by atoms with Crippen molar-refractivity contribution in [1.29, 1.82) is 0 Å². The van der Waals surface area contributed by atoms with Gasteiger partial charge in [0.25, 0.3) is 0 Å². The molecule has 0 unspecified atom stereocenters. The van der Waals surface area contributed by atoms with E-state index in [4.69, 9.17) is 9.97 Å². The van der Waals surface area contributed by atoms with Crippen LogP contribution in [0.4, 0.5) is 11.5 Å². The molecule has 242 valence electrons. The van der Waals surface area contributed by atoms with Gasteiger partial charge >= 0.3 is 0 Å². The van der Waals surface area contributed by atoms with E-state index in [2.05, 4.69) is 166 Å². The zero-order valence-electron chi connectivity index (χ0n) is 28.0. The molecular weight excluding hydrogens is 635 g/mol. The molecule has 0 amide bonds. The van der Waals surface area contributed by atoms with Gasteiger partial charge < -0.3 is 9.47 Å². The normalized spacial score (nSPS) is 12.5. The Bertz CT molecular complexity index is 3010. The first-order valence-electron chi connectivity index (χ1n) is 17.5. The van der Waals surface area contributed by atoms with Gasteiger partial charge in [-0.25, -0.2) is 4.98 Å². The van der Waals surface area contributed by atoms with Crippen molar-refractivity contribution in [2.24, 2.45) is 0 Å². The Morgan fingerprint density at radius 3 is 2.15 bits per heavy atom. The number of aromatic nitrogens is 4. The van der Waals surface area contributed by atoms with Crippen molar-refractivity contribution in [1.82, 2.24) is 19.5 Å². The molecule has 5 nitrogen and oxygen atoms in total. The number of benzene rings is 6. The van der Waals surface area contributed by atoms with Crippen LogP contribution in [0.2, 0.25) is 0 Å². The maximum atomic E-state index is 5.27. The van der Waals surface area contributed by atoms with Gasteiger partial charge in [-0.2, -0.15) is 0 Å². The third-order valence-corrected chi connectivity index (χ3v) is 10.4. The topological polar surface area (TPSA) is 46.8 Å². The summed E-state index contributed by atoms with van der Waals surface area (Å²) in [4.78, 5) is 17.2. The van der Waals surface area contributed by atoms with Crippen molar-refractivity contribution in [2.75, 3.05) is 4.90 Å². The highest BCUT2D eigenvalue weighted by atomic mass is 15.2. The van der Waals surface area contributed by atoms with Gasteiger partial charge in [0, 0.05) is 44.9 Å². The van der Waals surface area contributed by atoms with E-state index >= 15 is 0 Å². The summed E-state index contributed by atoms with van der Waals surface area (Å²) >= 11 is 0. The number of nitrogens with zero attached hydrogens (tertiary/aromatic N) is 5. The molecule has 0 radical (unpaired) electrons. The first-order valence-corrected chi connectivity index (χ1v) is 17.5. The fraction of sp³-hybridized carbons (Fsp3) is 0. The third-order valence-electron chi connectivity index (χ3n) is 10.4. The minimum atomic E-state index is 0.876. The quantitative estimate of drug-likeness (QED) is 0.176. The minimum absolute atomic E-state index is 0.876. The Kier molecular flexibility index (Phi) is 6.18. The highest BCUT2D eigenvalue weighted by molar-refractivity contribution is 6.22. The summed E-state index contributed by atoms with van der Waals surface area (Å²) in [5, 5.41) is 6.97. The van der Waals surface area contributed by atoms with Gasteiger partial charge in [-0.3, -0.25) is 9.97 Å². The lowest BCUT2D eigenvalue weighted by Crippen LogP contribution is -2.14. The Labute approximate surface area is 299 Å². The maximum Gasteiger partial charge on any atom is 0.138 e. The smallest absolute Gasteiger partial charge is 0.138 e. The number of pyridine rings is 3. The standard InChI is InChI=1S/C47H29N5/c1-3-11-30(12-4-1)35-26-39(31-13-5-2-6-14-31)50-43(28-35)51-24-22-38-44-33(15-9-19-41(44)51)27-42-45(38)37-17-7-8-18-40(37)52(42)36-25-34-21-20-32-16-10-23-48-46(32)47(34)49-29-36/h1-29H. The molecule has 0 atom stereocenters. The first kappa shape index (κ1) is 28.7. The monoisotopic (exact) mass is 663 g/mol. The van der Waals surface area contributed by atoms with Crippen LogP contribution in [-0.4, -0.2) is 19.5 Å². The van der Waals surface area contributed by atoms with Gasteiger partial charge in [-0.05, 0) is 70.6 Å². The van der Waals surface area contributed by atoms with Crippen molar-refractivity contribution in [2.45, 2.75) is 0 Å².